The van der Waals surface area contributed by atoms with Gasteiger partial charge in [0.1, 0.15) is 0 Å². The van der Waals surface area contributed by atoms with Crippen LogP contribution in [-0.2, 0) is 0 Å². The van der Waals surface area contributed by atoms with Gasteiger partial charge in [0.15, 0.2) is 0 Å². The van der Waals surface area contributed by atoms with Crippen LogP contribution < -0.4 is 11.1 Å². The lowest BCUT2D eigenvalue weighted by Gasteiger charge is -2.10. The first-order valence-corrected chi connectivity index (χ1v) is 5.08. The summed E-state index contributed by atoms with van der Waals surface area (Å²) in [5.41, 5.74) is 5.30. The van der Waals surface area contributed by atoms with Crippen LogP contribution in [0.4, 0.5) is 12.0 Å². The van der Waals surface area contributed by atoms with Crippen LogP contribution in [-0.4, -0.2) is 16.2 Å². The van der Waals surface area contributed by atoms with Crippen molar-refractivity contribution in [3.05, 3.63) is 0 Å². The van der Waals surface area contributed by atoms with Crippen LogP contribution in [0.25, 0.3) is 0 Å². The van der Waals surface area contributed by atoms with Crippen molar-refractivity contribution in [1.29, 1.82) is 0 Å². The molecule has 0 bridgehead atoms. The highest BCUT2D eigenvalue weighted by Gasteiger charge is 2.06. The number of unbranched alkanes of at least 4 members (excludes halogenated alkanes) is 2. The van der Waals surface area contributed by atoms with Gasteiger partial charge >= 0.3 is 12.0 Å². The molecular formula is C9H18N4O. The first-order valence-electron chi connectivity index (χ1n) is 5.08. The zero-order valence-electron chi connectivity index (χ0n) is 8.79. The molecule has 1 rings (SSSR count). The number of rotatable bonds is 6. The Morgan fingerprint density at radius 3 is 2.79 bits per heavy atom. The molecule has 1 atom stereocenters. The number of hydrogen-bond acceptors (Lipinski definition) is 5. The average Bonchev–Trinajstić information content (AvgIpc) is 2.52. The maximum Gasteiger partial charge on any atom is 0.317 e. The molecule has 5 nitrogen and oxygen atoms in total. The van der Waals surface area contributed by atoms with Gasteiger partial charge in [-0.25, -0.2) is 0 Å². The van der Waals surface area contributed by atoms with Crippen molar-refractivity contribution in [1.82, 2.24) is 10.2 Å². The molecule has 1 aromatic heterocycles. The second-order valence-corrected chi connectivity index (χ2v) is 3.49. The Bertz CT molecular complexity index is 261. The highest BCUT2D eigenvalue weighted by atomic mass is 16.4. The van der Waals surface area contributed by atoms with Crippen molar-refractivity contribution in [2.45, 2.75) is 45.6 Å². The molecule has 80 valence electrons. The number of nitrogen functional groups attached to an aromatic ring is 1. The number of nitrogens with zero attached hydrogens (tertiary/aromatic N) is 2. The Labute approximate surface area is 84.1 Å². The molecule has 0 aliphatic carbocycles. The van der Waals surface area contributed by atoms with Gasteiger partial charge in [0, 0.05) is 6.04 Å². The maximum absolute atomic E-state index is 5.30. The summed E-state index contributed by atoms with van der Waals surface area (Å²) in [6, 6.07) is 0.862. The maximum atomic E-state index is 5.30. The summed E-state index contributed by atoms with van der Waals surface area (Å²) in [6.07, 6.45) is 4.82. The summed E-state index contributed by atoms with van der Waals surface area (Å²) < 4.78 is 5.00. The van der Waals surface area contributed by atoms with Crippen LogP contribution in [0.15, 0.2) is 4.42 Å². The van der Waals surface area contributed by atoms with Crippen LogP contribution in [0.5, 0.6) is 0 Å². The fourth-order valence-corrected chi connectivity index (χ4v) is 1.28. The molecule has 0 fully saturated rings. The fraction of sp³-hybridized carbons (Fsp3) is 0.778. The van der Waals surface area contributed by atoms with Gasteiger partial charge in [-0.2, -0.15) is 0 Å². The van der Waals surface area contributed by atoms with Gasteiger partial charge in [0.05, 0.1) is 0 Å². The van der Waals surface area contributed by atoms with Gasteiger partial charge in [-0.05, 0) is 13.3 Å². The number of nitrogens with two attached hydrogens (primary N) is 1. The van der Waals surface area contributed by atoms with Gasteiger partial charge in [-0.3, -0.25) is 0 Å². The largest absolute Gasteiger partial charge is 0.390 e. The van der Waals surface area contributed by atoms with Crippen molar-refractivity contribution < 1.29 is 4.42 Å². The highest BCUT2D eigenvalue weighted by Crippen LogP contribution is 2.11. The second kappa shape index (κ2) is 5.47. The van der Waals surface area contributed by atoms with E-state index in [1.165, 1.54) is 19.3 Å². The smallest absolute Gasteiger partial charge is 0.317 e. The van der Waals surface area contributed by atoms with Gasteiger partial charge in [-0.15, -0.1) is 0 Å². The Morgan fingerprint density at radius 2 is 2.21 bits per heavy atom. The van der Waals surface area contributed by atoms with Gasteiger partial charge in [-0.1, -0.05) is 36.4 Å². The van der Waals surface area contributed by atoms with E-state index in [1.54, 1.807) is 0 Å². The predicted octanol–water partition coefficient (Wildman–Crippen LogP) is 2.03. The molecular weight excluding hydrogens is 180 g/mol. The predicted molar refractivity (Wildman–Crippen MR) is 55.9 cm³/mol. The number of aromatic nitrogens is 2. The molecule has 0 amide bonds. The summed E-state index contributed by atoms with van der Waals surface area (Å²) in [6.45, 7) is 4.28. The molecule has 3 N–H and O–H groups in total. The molecule has 0 spiro atoms. The summed E-state index contributed by atoms with van der Waals surface area (Å²) in [5, 5.41) is 10.4. The van der Waals surface area contributed by atoms with Crippen molar-refractivity contribution in [2.75, 3.05) is 11.1 Å². The quantitative estimate of drug-likeness (QED) is 0.684. The molecule has 0 aliphatic heterocycles. The van der Waals surface area contributed by atoms with Gasteiger partial charge in [0.25, 0.3) is 0 Å². The van der Waals surface area contributed by atoms with Crippen molar-refractivity contribution in [3.63, 3.8) is 0 Å². The number of nitrogens with one attached hydrogen (secondary N) is 1. The van der Waals surface area contributed by atoms with E-state index in [0.717, 1.165) is 6.42 Å². The Hall–Kier alpha value is -1.26. The average molecular weight is 198 g/mol. The van der Waals surface area contributed by atoms with E-state index in [9.17, 15) is 0 Å². The Balaban J connectivity index is 2.23. The summed E-state index contributed by atoms with van der Waals surface area (Å²) in [4.78, 5) is 0. The normalized spacial score (nSPS) is 12.7. The van der Waals surface area contributed by atoms with Crippen molar-refractivity contribution >= 4 is 12.0 Å². The van der Waals surface area contributed by atoms with Crippen LogP contribution >= 0.6 is 0 Å². The van der Waals surface area contributed by atoms with E-state index >= 15 is 0 Å². The summed E-state index contributed by atoms with van der Waals surface area (Å²) in [7, 11) is 0. The molecule has 0 saturated heterocycles. The molecule has 0 radical (unpaired) electrons. The van der Waals surface area contributed by atoms with E-state index in [4.69, 9.17) is 10.2 Å². The van der Waals surface area contributed by atoms with Crippen LogP contribution in [0.1, 0.15) is 39.5 Å². The highest BCUT2D eigenvalue weighted by molar-refractivity contribution is 5.23. The summed E-state index contributed by atoms with van der Waals surface area (Å²) in [5.74, 6) is 0. The monoisotopic (exact) mass is 198 g/mol. The fourth-order valence-electron chi connectivity index (χ4n) is 1.28. The van der Waals surface area contributed by atoms with E-state index < -0.39 is 0 Å². The lowest BCUT2D eigenvalue weighted by molar-refractivity contribution is 0.555. The first kappa shape index (κ1) is 10.8. The minimum Gasteiger partial charge on any atom is -0.390 e. The number of anilines is 2. The molecule has 14 heavy (non-hydrogen) atoms. The summed E-state index contributed by atoms with van der Waals surface area (Å²) >= 11 is 0. The molecule has 0 aliphatic rings. The zero-order chi connectivity index (χ0) is 10.4. The van der Waals surface area contributed by atoms with E-state index in [1.807, 2.05) is 0 Å². The van der Waals surface area contributed by atoms with E-state index in [0.29, 0.717) is 12.1 Å². The third-order valence-corrected chi connectivity index (χ3v) is 2.05. The third-order valence-electron chi connectivity index (χ3n) is 2.05. The minimum atomic E-state index is 0.105. The van der Waals surface area contributed by atoms with E-state index in [2.05, 4.69) is 29.4 Å². The van der Waals surface area contributed by atoms with Crippen LogP contribution in [0.3, 0.4) is 0 Å². The Morgan fingerprint density at radius 1 is 1.43 bits per heavy atom. The van der Waals surface area contributed by atoms with Crippen LogP contribution in [0.2, 0.25) is 0 Å². The minimum absolute atomic E-state index is 0.105. The van der Waals surface area contributed by atoms with Crippen LogP contribution in [0, 0.1) is 0 Å². The molecule has 1 unspecified atom stereocenters. The lowest BCUT2D eigenvalue weighted by atomic mass is 10.1. The zero-order valence-corrected chi connectivity index (χ0v) is 8.79. The van der Waals surface area contributed by atoms with E-state index in [-0.39, 0.29) is 6.01 Å². The second-order valence-electron chi connectivity index (χ2n) is 3.49. The standard InChI is InChI=1S/C9H18N4O/c1-3-4-5-6-7(2)11-9-13-12-8(10)14-9/h7H,3-6H2,1-2H3,(H2,10,12)(H,11,13). The lowest BCUT2D eigenvalue weighted by Crippen LogP contribution is -2.15. The topological polar surface area (TPSA) is 77.0 Å². The van der Waals surface area contributed by atoms with Gasteiger partial charge < -0.3 is 15.5 Å². The Kier molecular flexibility index (Phi) is 4.22. The van der Waals surface area contributed by atoms with Crippen molar-refractivity contribution in [2.24, 2.45) is 0 Å². The molecule has 0 saturated carbocycles. The molecule has 1 aromatic rings. The molecule has 5 heteroatoms. The SMILES string of the molecule is CCCCCC(C)Nc1nnc(N)o1. The third kappa shape index (κ3) is 3.64. The molecule has 0 aromatic carbocycles. The van der Waals surface area contributed by atoms with Crippen molar-refractivity contribution in [3.8, 4) is 0 Å². The van der Waals surface area contributed by atoms with Gasteiger partial charge in [0.2, 0.25) is 0 Å². The first-order chi connectivity index (χ1) is 6.72. The molecule has 1 heterocycles. The number of hydrogen-bond donors (Lipinski definition) is 2.